The summed E-state index contributed by atoms with van der Waals surface area (Å²) in [5.41, 5.74) is 0.241. The lowest BCUT2D eigenvalue weighted by atomic mass is 9.60. The second kappa shape index (κ2) is 7.27. The monoisotopic (exact) mass is 434 g/mol. The Bertz CT molecular complexity index is 958. The first-order valence-corrected chi connectivity index (χ1v) is 10.7. The predicted octanol–water partition coefficient (Wildman–Crippen LogP) is 5.25. The Morgan fingerprint density at radius 3 is 2.53 bits per heavy atom. The summed E-state index contributed by atoms with van der Waals surface area (Å²) in [7, 11) is 0. The third-order valence-corrected chi connectivity index (χ3v) is 6.83. The molecule has 0 unspecified atom stereocenters. The number of aliphatic hydroxyl groups excluding tert-OH is 1. The summed E-state index contributed by atoms with van der Waals surface area (Å²) < 4.78 is 21.4. The van der Waals surface area contributed by atoms with Crippen molar-refractivity contribution in [2.24, 2.45) is 0 Å². The summed E-state index contributed by atoms with van der Waals surface area (Å²) in [6.45, 7) is 5.47. The molecule has 30 heavy (non-hydrogen) atoms. The van der Waals surface area contributed by atoms with Crippen molar-refractivity contribution in [2.45, 2.75) is 75.7 Å². The molecule has 5 nitrogen and oxygen atoms in total. The van der Waals surface area contributed by atoms with Crippen LogP contribution in [-0.4, -0.2) is 33.0 Å². The fraction of sp³-hybridized carbons (Fsp3) is 0.522. The molecule has 1 heterocycles. The molecule has 0 saturated heterocycles. The van der Waals surface area contributed by atoms with Crippen LogP contribution >= 0.6 is 11.6 Å². The zero-order valence-corrected chi connectivity index (χ0v) is 18.3. The largest absolute Gasteiger partial charge is 0.444 e. The SMILES string of the molecule is CC(C)(C)OC(=O)NC12CCC(n3ccc(-c4ccc(Cl)c(F)c4)c3)(CC1)C[C@@H]2O. The van der Waals surface area contributed by atoms with Gasteiger partial charge in [-0.05, 0) is 82.2 Å². The number of nitrogens with zero attached hydrogens (tertiary/aromatic N) is 1. The van der Waals surface area contributed by atoms with Gasteiger partial charge in [-0.3, -0.25) is 0 Å². The van der Waals surface area contributed by atoms with Crippen LogP contribution in [0.3, 0.4) is 0 Å². The number of carbonyl (C=O) groups is 1. The van der Waals surface area contributed by atoms with E-state index in [0.29, 0.717) is 19.3 Å². The van der Waals surface area contributed by atoms with Crippen molar-refractivity contribution < 1.29 is 19.0 Å². The van der Waals surface area contributed by atoms with Gasteiger partial charge in [0.15, 0.2) is 0 Å². The van der Waals surface area contributed by atoms with Crippen LogP contribution in [0.5, 0.6) is 0 Å². The molecule has 3 aliphatic rings. The number of hydrogen-bond donors (Lipinski definition) is 2. The van der Waals surface area contributed by atoms with Gasteiger partial charge in [0, 0.05) is 17.9 Å². The smallest absolute Gasteiger partial charge is 0.408 e. The molecule has 5 rings (SSSR count). The standard InChI is InChI=1S/C23H28ClFN2O3/c1-21(2,3)30-20(29)26-23-9-7-22(8-10-23,13-19(23)28)27-11-6-16(14-27)15-4-5-17(24)18(25)12-15/h4-6,11-12,14,19,28H,7-10,13H2,1-3H3,(H,26,29)/t19-,22?,23?/m0/s1. The second-order valence-electron chi connectivity index (χ2n) is 9.66. The maximum atomic E-state index is 13.9. The molecule has 1 amide bonds. The molecule has 1 aromatic carbocycles. The number of halogens is 2. The molecule has 2 aromatic rings. The van der Waals surface area contributed by atoms with Crippen molar-refractivity contribution in [3.63, 3.8) is 0 Å². The van der Waals surface area contributed by atoms with Crippen molar-refractivity contribution in [1.82, 2.24) is 9.88 Å². The number of aromatic nitrogens is 1. The van der Waals surface area contributed by atoms with Gasteiger partial charge in [-0.1, -0.05) is 17.7 Å². The van der Waals surface area contributed by atoms with Crippen molar-refractivity contribution in [3.8, 4) is 11.1 Å². The van der Waals surface area contributed by atoms with Gasteiger partial charge in [0.05, 0.1) is 16.7 Å². The highest BCUT2D eigenvalue weighted by molar-refractivity contribution is 6.30. The number of nitrogens with one attached hydrogen (secondary N) is 1. The van der Waals surface area contributed by atoms with Gasteiger partial charge in [0.2, 0.25) is 0 Å². The molecule has 0 aliphatic heterocycles. The molecule has 1 atom stereocenters. The summed E-state index contributed by atoms with van der Waals surface area (Å²) in [6.07, 6.45) is 6.43. The number of fused-ring (bicyclic) bond motifs is 3. The van der Waals surface area contributed by atoms with Crippen LogP contribution in [0.2, 0.25) is 5.02 Å². The first-order chi connectivity index (χ1) is 14.0. The van der Waals surface area contributed by atoms with Gasteiger partial charge >= 0.3 is 6.09 Å². The maximum Gasteiger partial charge on any atom is 0.408 e. The van der Waals surface area contributed by atoms with Gasteiger partial charge in [-0.2, -0.15) is 0 Å². The van der Waals surface area contributed by atoms with Crippen molar-refractivity contribution in [1.29, 1.82) is 0 Å². The number of aliphatic hydroxyl groups is 1. The van der Waals surface area contributed by atoms with E-state index in [1.807, 2.05) is 39.2 Å². The summed E-state index contributed by atoms with van der Waals surface area (Å²) in [4.78, 5) is 12.3. The van der Waals surface area contributed by atoms with E-state index < -0.39 is 29.2 Å². The summed E-state index contributed by atoms with van der Waals surface area (Å²) in [5.74, 6) is -0.441. The Morgan fingerprint density at radius 1 is 1.23 bits per heavy atom. The number of carbonyl (C=O) groups excluding carboxylic acids is 1. The van der Waals surface area contributed by atoms with Gasteiger partial charge in [0.25, 0.3) is 0 Å². The van der Waals surface area contributed by atoms with Crippen LogP contribution in [0.25, 0.3) is 11.1 Å². The predicted molar refractivity (Wildman–Crippen MR) is 114 cm³/mol. The number of alkyl carbamates (subject to hydrolysis) is 1. The highest BCUT2D eigenvalue weighted by Gasteiger charge is 2.55. The van der Waals surface area contributed by atoms with Crippen LogP contribution in [0.1, 0.15) is 52.9 Å². The Labute approximate surface area is 181 Å². The molecular formula is C23H28ClFN2O3. The van der Waals surface area contributed by atoms with Crippen molar-refractivity contribution in [3.05, 3.63) is 47.5 Å². The molecule has 1 aromatic heterocycles. The first-order valence-electron chi connectivity index (χ1n) is 10.4. The molecule has 0 spiro atoms. The van der Waals surface area contributed by atoms with Gasteiger partial charge in [0.1, 0.15) is 11.4 Å². The lowest BCUT2D eigenvalue weighted by Gasteiger charge is -2.56. The Morgan fingerprint density at radius 2 is 1.93 bits per heavy atom. The molecular weight excluding hydrogens is 407 g/mol. The highest BCUT2D eigenvalue weighted by Crippen LogP contribution is 2.51. The number of rotatable bonds is 3. The van der Waals surface area contributed by atoms with Crippen LogP contribution in [0.4, 0.5) is 9.18 Å². The average Bonchev–Trinajstić information content (AvgIpc) is 3.15. The average molecular weight is 435 g/mol. The van der Waals surface area contributed by atoms with Gasteiger partial charge < -0.3 is 19.7 Å². The third kappa shape index (κ3) is 3.83. The fourth-order valence-electron chi connectivity index (χ4n) is 4.87. The van der Waals surface area contributed by atoms with E-state index in [4.69, 9.17) is 16.3 Å². The molecule has 7 heteroatoms. The van der Waals surface area contributed by atoms with Crippen LogP contribution in [0.15, 0.2) is 36.7 Å². The topological polar surface area (TPSA) is 63.5 Å². The highest BCUT2D eigenvalue weighted by atomic mass is 35.5. The van der Waals surface area contributed by atoms with Crippen molar-refractivity contribution >= 4 is 17.7 Å². The number of benzene rings is 1. The zero-order chi connectivity index (χ0) is 21.7. The van der Waals surface area contributed by atoms with Crippen LogP contribution < -0.4 is 5.32 Å². The molecule has 3 aliphatic carbocycles. The lowest BCUT2D eigenvalue weighted by Crippen LogP contribution is -2.66. The molecule has 3 saturated carbocycles. The van der Waals surface area contributed by atoms with E-state index in [1.54, 1.807) is 12.1 Å². The minimum Gasteiger partial charge on any atom is -0.444 e. The minimum atomic E-state index is -0.661. The zero-order valence-electron chi connectivity index (χ0n) is 17.5. The first kappa shape index (κ1) is 21.2. The quantitative estimate of drug-likeness (QED) is 0.693. The van der Waals surface area contributed by atoms with Gasteiger partial charge in [-0.15, -0.1) is 0 Å². The van der Waals surface area contributed by atoms with Crippen LogP contribution in [-0.2, 0) is 10.3 Å². The van der Waals surface area contributed by atoms with E-state index in [-0.39, 0.29) is 10.6 Å². The lowest BCUT2D eigenvalue weighted by molar-refractivity contribution is -0.0788. The number of amides is 1. The molecule has 2 bridgehead atoms. The summed E-state index contributed by atoms with van der Waals surface area (Å²) >= 11 is 5.80. The number of ether oxygens (including phenoxy) is 1. The number of hydrogen-bond acceptors (Lipinski definition) is 3. The van der Waals surface area contributed by atoms with E-state index in [1.165, 1.54) is 6.07 Å². The minimum absolute atomic E-state index is 0.105. The summed E-state index contributed by atoms with van der Waals surface area (Å²) in [5, 5.41) is 14.0. The van der Waals surface area contributed by atoms with E-state index in [0.717, 1.165) is 24.0 Å². The van der Waals surface area contributed by atoms with E-state index >= 15 is 0 Å². The summed E-state index contributed by atoms with van der Waals surface area (Å²) in [6, 6.07) is 6.75. The Kier molecular flexibility index (Phi) is 5.14. The van der Waals surface area contributed by atoms with Gasteiger partial charge in [-0.25, -0.2) is 9.18 Å². The molecule has 2 N–H and O–H groups in total. The van der Waals surface area contributed by atoms with E-state index in [2.05, 4.69) is 9.88 Å². The van der Waals surface area contributed by atoms with Crippen molar-refractivity contribution in [2.75, 3.05) is 0 Å². The fourth-order valence-corrected chi connectivity index (χ4v) is 4.99. The van der Waals surface area contributed by atoms with E-state index in [9.17, 15) is 14.3 Å². The third-order valence-electron chi connectivity index (χ3n) is 6.53. The molecule has 3 fully saturated rings. The maximum absolute atomic E-state index is 13.9. The Hall–Kier alpha value is -2.05. The van der Waals surface area contributed by atoms with Crippen LogP contribution in [0, 0.1) is 5.82 Å². The molecule has 0 radical (unpaired) electrons. The normalized spacial score (nSPS) is 28.4. The molecule has 162 valence electrons. The Balaban J connectivity index is 1.51. The second-order valence-corrected chi connectivity index (χ2v) is 10.1.